The first-order chi connectivity index (χ1) is 12.7. The first-order valence-electron chi connectivity index (χ1n) is 9.18. The fraction of sp³-hybridized carbons (Fsp3) is 0.381. The van der Waals surface area contributed by atoms with Gasteiger partial charge in [-0.2, -0.15) is 0 Å². The van der Waals surface area contributed by atoms with Crippen molar-refractivity contribution >= 4 is 29.3 Å². The largest absolute Gasteiger partial charge is 0.352 e. The van der Waals surface area contributed by atoms with Gasteiger partial charge in [-0.3, -0.25) is 4.79 Å². The molecule has 0 bridgehead atoms. The standard InChI is InChI=1S/C21H25ClN2OS/c22-19-8-6-18(7-9-19)15-26-16-21(25)23-20-10-12-24(13-11-20)14-17-4-2-1-3-5-17/h1-9,20H,10-16H2,(H,23,25)/p+1. The molecule has 5 heteroatoms. The number of piperidine rings is 1. The average Bonchev–Trinajstić information content (AvgIpc) is 2.66. The summed E-state index contributed by atoms with van der Waals surface area (Å²) in [5.74, 6) is 1.50. The van der Waals surface area contributed by atoms with Crippen LogP contribution in [0, 0.1) is 0 Å². The molecule has 2 N–H and O–H groups in total. The number of hydrogen-bond acceptors (Lipinski definition) is 2. The van der Waals surface area contributed by atoms with Crippen LogP contribution in [0.1, 0.15) is 24.0 Å². The lowest BCUT2D eigenvalue weighted by Crippen LogP contribution is -3.12. The van der Waals surface area contributed by atoms with Crippen molar-refractivity contribution in [2.75, 3.05) is 18.8 Å². The van der Waals surface area contributed by atoms with Crippen LogP contribution in [0.3, 0.4) is 0 Å². The van der Waals surface area contributed by atoms with Crippen LogP contribution in [0.15, 0.2) is 54.6 Å². The Hall–Kier alpha value is -1.49. The van der Waals surface area contributed by atoms with Gasteiger partial charge in [-0.05, 0) is 17.7 Å². The summed E-state index contributed by atoms with van der Waals surface area (Å²) in [7, 11) is 0. The fourth-order valence-electron chi connectivity index (χ4n) is 3.34. The van der Waals surface area contributed by atoms with Crippen molar-refractivity contribution in [2.24, 2.45) is 0 Å². The lowest BCUT2D eigenvalue weighted by molar-refractivity contribution is -0.918. The van der Waals surface area contributed by atoms with E-state index in [4.69, 9.17) is 11.6 Å². The van der Waals surface area contributed by atoms with Crippen molar-refractivity contribution in [3.63, 3.8) is 0 Å². The highest BCUT2D eigenvalue weighted by Gasteiger charge is 2.23. The molecule has 26 heavy (non-hydrogen) atoms. The number of benzene rings is 2. The molecule has 0 saturated carbocycles. The van der Waals surface area contributed by atoms with E-state index in [0.717, 1.165) is 43.3 Å². The third-order valence-electron chi connectivity index (χ3n) is 4.77. The molecule has 1 heterocycles. The van der Waals surface area contributed by atoms with Gasteiger partial charge in [0.2, 0.25) is 5.91 Å². The van der Waals surface area contributed by atoms with Gasteiger partial charge < -0.3 is 10.2 Å². The van der Waals surface area contributed by atoms with Crippen molar-refractivity contribution in [1.82, 2.24) is 5.32 Å². The van der Waals surface area contributed by atoms with Gasteiger partial charge in [0.15, 0.2) is 0 Å². The van der Waals surface area contributed by atoms with Gasteiger partial charge in [-0.25, -0.2) is 0 Å². The molecule has 2 aromatic carbocycles. The molecule has 1 fully saturated rings. The van der Waals surface area contributed by atoms with Crippen molar-refractivity contribution in [1.29, 1.82) is 0 Å². The van der Waals surface area contributed by atoms with Gasteiger partial charge in [0.25, 0.3) is 0 Å². The van der Waals surface area contributed by atoms with Crippen LogP contribution in [0.2, 0.25) is 5.02 Å². The molecular weight excluding hydrogens is 364 g/mol. The van der Waals surface area contributed by atoms with E-state index in [0.29, 0.717) is 11.8 Å². The van der Waals surface area contributed by atoms with Crippen molar-refractivity contribution in [3.8, 4) is 0 Å². The lowest BCUT2D eigenvalue weighted by Gasteiger charge is -2.29. The van der Waals surface area contributed by atoms with Crippen LogP contribution >= 0.6 is 23.4 Å². The SMILES string of the molecule is O=C(CSCc1ccc(Cl)cc1)NC1CC[NH+](Cc2ccccc2)CC1. The predicted molar refractivity (Wildman–Crippen MR) is 110 cm³/mol. The highest BCUT2D eigenvalue weighted by Crippen LogP contribution is 2.15. The highest BCUT2D eigenvalue weighted by atomic mass is 35.5. The Kier molecular flexibility index (Phi) is 7.42. The van der Waals surface area contributed by atoms with Gasteiger partial charge in [0.05, 0.1) is 18.8 Å². The van der Waals surface area contributed by atoms with Gasteiger partial charge in [-0.1, -0.05) is 54.1 Å². The summed E-state index contributed by atoms with van der Waals surface area (Å²) in [6.07, 6.45) is 2.13. The number of likely N-dealkylation sites (tertiary alicyclic amines) is 1. The third-order valence-corrected chi connectivity index (χ3v) is 6.03. The number of quaternary nitrogens is 1. The monoisotopic (exact) mass is 389 g/mol. The normalized spacial score (nSPS) is 19.9. The number of nitrogens with one attached hydrogen (secondary N) is 2. The summed E-state index contributed by atoms with van der Waals surface area (Å²) >= 11 is 7.54. The molecule has 3 nitrogen and oxygen atoms in total. The van der Waals surface area contributed by atoms with Gasteiger partial charge in [0.1, 0.15) is 6.54 Å². The number of thioether (sulfide) groups is 1. The van der Waals surface area contributed by atoms with E-state index in [1.165, 1.54) is 11.1 Å². The second kappa shape index (κ2) is 10.0. The average molecular weight is 390 g/mol. The maximum atomic E-state index is 12.2. The number of carbonyl (C=O) groups excluding carboxylic acids is 1. The quantitative estimate of drug-likeness (QED) is 0.763. The molecule has 1 saturated heterocycles. The molecule has 0 radical (unpaired) electrons. The molecule has 0 unspecified atom stereocenters. The number of hydrogen-bond donors (Lipinski definition) is 2. The molecule has 2 aromatic rings. The minimum absolute atomic E-state index is 0.153. The smallest absolute Gasteiger partial charge is 0.230 e. The van der Waals surface area contributed by atoms with E-state index in [-0.39, 0.29) is 5.91 Å². The fourth-order valence-corrected chi connectivity index (χ4v) is 4.27. The van der Waals surface area contributed by atoms with Crippen LogP contribution in [-0.4, -0.2) is 30.8 Å². The molecule has 138 valence electrons. The lowest BCUT2D eigenvalue weighted by atomic mass is 10.0. The van der Waals surface area contributed by atoms with E-state index < -0.39 is 0 Å². The third kappa shape index (κ3) is 6.35. The summed E-state index contributed by atoms with van der Waals surface area (Å²) < 4.78 is 0. The Balaban J connectivity index is 1.32. The molecule has 3 rings (SSSR count). The topological polar surface area (TPSA) is 33.5 Å². The Labute approximate surface area is 165 Å². The highest BCUT2D eigenvalue weighted by molar-refractivity contribution is 7.99. The van der Waals surface area contributed by atoms with E-state index >= 15 is 0 Å². The number of rotatable bonds is 7. The van der Waals surface area contributed by atoms with Crippen molar-refractivity contribution < 1.29 is 9.69 Å². The van der Waals surface area contributed by atoms with E-state index in [9.17, 15) is 4.79 Å². The van der Waals surface area contributed by atoms with Crippen LogP contribution in [0.4, 0.5) is 0 Å². The van der Waals surface area contributed by atoms with E-state index in [2.05, 4.69) is 35.6 Å². The zero-order chi connectivity index (χ0) is 18.2. The first-order valence-corrected chi connectivity index (χ1v) is 10.7. The summed E-state index contributed by atoms with van der Waals surface area (Å²) in [6, 6.07) is 18.8. The molecule has 1 amide bonds. The summed E-state index contributed by atoms with van der Waals surface area (Å²) in [6.45, 7) is 3.33. The second-order valence-electron chi connectivity index (χ2n) is 6.87. The molecule has 1 aliphatic rings. The van der Waals surface area contributed by atoms with E-state index in [1.54, 1.807) is 16.7 Å². The van der Waals surface area contributed by atoms with Crippen LogP contribution in [-0.2, 0) is 17.1 Å². The van der Waals surface area contributed by atoms with E-state index in [1.807, 2.05) is 24.3 Å². The zero-order valence-corrected chi connectivity index (χ0v) is 16.5. The predicted octanol–water partition coefficient (Wildman–Crippen LogP) is 2.94. The van der Waals surface area contributed by atoms with Crippen LogP contribution in [0.25, 0.3) is 0 Å². The van der Waals surface area contributed by atoms with Gasteiger partial charge >= 0.3 is 0 Å². The summed E-state index contributed by atoms with van der Waals surface area (Å²) in [4.78, 5) is 13.8. The molecular formula is C21H26ClN2OS+. The number of amides is 1. The van der Waals surface area contributed by atoms with Gasteiger partial charge in [-0.15, -0.1) is 11.8 Å². The first kappa shape index (κ1) is 19.3. The van der Waals surface area contributed by atoms with Crippen LogP contribution < -0.4 is 10.2 Å². The van der Waals surface area contributed by atoms with Crippen molar-refractivity contribution in [2.45, 2.75) is 31.2 Å². The Morgan fingerprint density at radius 1 is 1.04 bits per heavy atom. The molecule has 0 aromatic heterocycles. The van der Waals surface area contributed by atoms with Crippen molar-refractivity contribution in [3.05, 3.63) is 70.7 Å². The minimum atomic E-state index is 0.153. The molecule has 0 aliphatic carbocycles. The second-order valence-corrected chi connectivity index (χ2v) is 8.30. The Bertz CT molecular complexity index is 685. The zero-order valence-electron chi connectivity index (χ0n) is 14.9. The molecule has 0 spiro atoms. The van der Waals surface area contributed by atoms with Crippen LogP contribution in [0.5, 0.6) is 0 Å². The number of carbonyl (C=O) groups is 1. The molecule has 0 atom stereocenters. The molecule has 1 aliphatic heterocycles. The Morgan fingerprint density at radius 2 is 1.73 bits per heavy atom. The summed E-state index contributed by atoms with van der Waals surface area (Å²) in [5.41, 5.74) is 2.59. The maximum Gasteiger partial charge on any atom is 0.230 e. The number of halogens is 1. The Morgan fingerprint density at radius 3 is 2.42 bits per heavy atom. The van der Waals surface area contributed by atoms with Gasteiger partial charge in [0, 0.05) is 35.2 Å². The summed E-state index contributed by atoms with van der Waals surface area (Å²) in [5, 5.41) is 3.95. The maximum absolute atomic E-state index is 12.2. The minimum Gasteiger partial charge on any atom is -0.352 e.